The van der Waals surface area contributed by atoms with Gasteiger partial charge in [0, 0.05) is 13.0 Å². The Balaban J connectivity index is 2.05. The first-order valence-electron chi connectivity index (χ1n) is 4.98. The zero-order valence-electron chi connectivity index (χ0n) is 8.90. The molecule has 2 aromatic rings. The molecule has 0 spiro atoms. The van der Waals surface area contributed by atoms with E-state index in [0.29, 0.717) is 6.42 Å². The SMILES string of the molecule is CNCc1nnc(Cc2ccc(F)cc2)s1. The van der Waals surface area contributed by atoms with E-state index in [9.17, 15) is 4.39 Å². The molecule has 3 nitrogen and oxygen atoms in total. The molecule has 0 saturated heterocycles. The number of rotatable bonds is 4. The van der Waals surface area contributed by atoms with Crippen LogP contribution in [-0.4, -0.2) is 17.2 Å². The van der Waals surface area contributed by atoms with E-state index in [-0.39, 0.29) is 5.82 Å². The first-order chi connectivity index (χ1) is 7.78. The zero-order chi connectivity index (χ0) is 11.4. The molecule has 0 saturated carbocycles. The van der Waals surface area contributed by atoms with Crippen LogP contribution in [-0.2, 0) is 13.0 Å². The maximum atomic E-state index is 12.7. The van der Waals surface area contributed by atoms with Gasteiger partial charge >= 0.3 is 0 Å². The lowest BCUT2D eigenvalue weighted by molar-refractivity contribution is 0.627. The normalized spacial score (nSPS) is 10.6. The minimum Gasteiger partial charge on any atom is -0.313 e. The van der Waals surface area contributed by atoms with Crippen LogP contribution in [0.15, 0.2) is 24.3 Å². The van der Waals surface area contributed by atoms with Gasteiger partial charge in [0.1, 0.15) is 15.8 Å². The maximum absolute atomic E-state index is 12.7. The molecule has 0 unspecified atom stereocenters. The van der Waals surface area contributed by atoms with Gasteiger partial charge in [0.15, 0.2) is 0 Å². The summed E-state index contributed by atoms with van der Waals surface area (Å²) in [6, 6.07) is 6.47. The highest BCUT2D eigenvalue weighted by Crippen LogP contribution is 2.14. The van der Waals surface area contributed by atoms with Crippen LogP contribution < -0.4 is 5.32 Å². The smallest absolute Gasteiger partial charge is 0.131 e. The number of nitrogens with one attached hydrogen (secondary N) is 1. The molecule has 0 atom stereocenters. The molecule has 0 aliphatic heterocycles. The van der Waals surface area contributed by atoms with E-state index < -0.39 is 0 Å². The average molecular weight is 237 g/mol. The molecule has 0 aliphatic rings. The molecule has 0 amide bonds. The Labute approximate surface area is 97.3 Å². The second kappa shape index (κ2) is 5.14. The van der Waals surface area contributed by atoms with Crippen LogP contribution >= 0.6 is 11.3 Å². The quantitative estimate of drug-likeness (QED) is 0.883. The molecule has 84 valence electrons. The summed E-state index contributed by atoms with van der Waals surface area (Å²) in [6.07, 6.45) is 0.710. The number of benzene rings is 1. The minimum atomic E-state index is -0.211. The Hall–Kier alpha value is -1.33. The minimum absolute atomic E-state index is 0.211. The standard InChI is InChI=1S/C11H12FN3S/c1-13-7-11-15-14-10(16-11)6-8-2-4-9(12)5-3-8/h2-5,13H,6-7H2,1H3. The lowest BCUT2D eigenvalue weighted by atomic mass is 10.2. The third kappa shape index (κ3) is 2.84. The number of hydrogen-bond acceptors (Lipinski definition) is 4. The van der Waals surface area contributed by atoms with E-state index in [2.05, 4.69) is 15.5 Å². The highest BCUT2D eigenvalue weighted by molar-refractivity contribution is 7.11. The monoisotopic (exact) mass is 237 g/mol. The fourth-order valence-corrected chi connectivity index (χ4v) is 2.25. The van der Waals surface area contributed by atoms with Gasteiger partial charge in [-0.3, -0.25) is 0 Å². The van der Waals surface area contributed by atoms with Gasteiger partial charge in [0.2, 0.25) is 0 Å². The Morgan fingerprint density at radius 3 is 2.56 bits per heavy atom. The molecule has 1 heterocycles. The summed E-state index contributed by atoms with van der Waals surface area (Å²) in [6.45, 7) is 0.737. The molecule has 1 aromatic heterocycles. The van der Waals surface area contributed by atoms with Gasteiger partial charge in [-0.15, -0.1) is 10.2 Å². The lowest BCUT2D eigenvalue weighted by Crippen LogP contribution is -2.04. The van der Waals surface area contributed by atoms with E-state index in [0.717, 1.165) is 22.1 Å². The van der Waals surface area contributed by atoms with Crippen LogP contribution in [0, 0.1) is 5.82 Å². The van der Waals surface area contributed by atoms with Gasteiger partial charge in [-0.05, 0) is 24.7 Å². The van der Waals surface area contributed by atoms with E-state index >= 15 is 0 Å². The number of hydrogen-bond donors (Lipinski definition) is 1. The van der Waals surface area contributed by atoms with Gasteiger partial charge in [-0.25, -0.2) is 4.39 Å². The lowest BCUT2D eigenvalue weighted by Gasteiger charge is -1.96. The Morgan fingerprint density at radius 1 is 1.19 bits per heavy atom. The van der Waals surface area contributed by atoms with Crippen molar-refractivity contribution in [3.8, 4) is 0 Å². The number of halogens is 1. The molecule has 0 radical (unpaired) electrons. The van der Waals surface area contributed by atoms with Crippen LogP contribution in [0.3, 0.4) is 0 Å². The molecule has 1 N–H and O–H groups in total. The van der Waals surface area contributed by atoms with Crippen LogP contribution in [0.4, 0.5) is 4.39 Å². The van der Waals surface area contributed by atoms with Crippen molar-refractivity contribution in [3.05, 3.63) is 45.7 Å². The Kier molecular flexibility index (Phi) is 3.58. The largest absolute Gasteiger partial charge is 0.313 e. The van der Waals surface area contributed by atoms with Crippen LogP contribution in [0.25, 0.3) is 0 Å². The average Bonchev–Trinajstić information content (AvgIpc) is 2.70. The van der Waals surface area contributed by atoms with Crippen molar-refractivity contribution in [2.45, 2.75) is 13.0 Å². The molecule has 2 rings (SSSR count). The van der Waals surface area contributed by atoms with E-state index in [4.69, 9.17) is 0 Å². The molecule has 1 aromatic carbocycles. The molecule has 0 aliphatic carbocycles. The second-order valence-corrected chi connectivity index (χ2v) is 4.57. The summed E-state index contributed by atoms with van der Waals surface area (Å²) >= 11 is 1.58. The fourth-order valence-electron chi connectivity index (χ4n) is 1.36. The van der Waals surface area contributed by atoms with E-state index in [1.807, 2.05) is 7.05 Å². The van der Waals surface area contributed by atoms with Crippen molar-refractivity contribution in [1.29, 1.82) is 0 Å². The second-order valence-electron chi connectivity index (χ2n) is 3.42. The first-order valence-corrected chi connectivity index (χ1v) is 5.80. The summed E-state index contributed by atoms with van der Waals surface area (Å²) in [7, 11) is 1.88. The molecule has 5 heteroatoms. The van der Waals surface area contributed by atoms with Gasteiger partial charge < -0.3 is 5.32 Å². The van der Waals surface area contributed by atoms with Crippen molar-refractivity contribution in [2.75, 3.05) is 7.05 Å². The highest BCUT2D eigenvalue weighted by atomic mass is 32.1. The van der Waals surface area contributed by atoms with Crippen molar-refractivity contribution < 1.29 is 4.39 Å². The third-order valence-electron chi connectivity index (χ3n) is 2.11. The summed E-state index contributed by atoms with van der Waals surface area (Å²) in [5, 5.41) is 13.1. The summed E-state index contributed by atoms with van der Waals surface area (Å²) < 4.78 is 12.7. The molecular weight excluding hydrogens is 225 g/mol. The predicted octanol–water partition coefficient (Wildman–Crippen LogP) is 1.99. The number of aromatic nitrogens is 2. The van der Waals surface area contributed by atoms with E-state index in [1.165, 1.54) is 12.1 Å². The van der Waals surface area contributed by atoms with Gasteiger partial charge in [0.05, 0.1) is 0 Å². The van der Waals surface area contributed by atoms with Crippen molar-refractivity contribution >= 4 is 11.3 Å². The molecule has 16 heavy (non-hydrogen) atoms. The fraction of sp³-hybridized carbons (Fsp3) is 0.273. The molecular formula is C11H12FN3S. The van der Waals surface area contributed by atoms with Gasteiger partial charge in [0.25, 0.3) is 0 Å². The van der Waals surface area contributed by atoms with Crippen LogP contribution in [0.2, 0.25) is 0 Å². The summed E-state index contributed by atoms with van der Waals surface area (Å²) in [5.74, 6) is -0.211. The Bertz CT molecular complexity index is 453. The predicted molar refractivity (Wildman–Crippen MR) is 61.9 cm³/mol. The van der Waals surface area contributed by atoms with Crippen molar-refractivity contribution in [1.82, 2.24) is 15.5 Å². The van der Waals surface area contributed by atoms with E-state index in [1.54, 1.807) is 23.5 Å². The maximum Gasteiger partial charge on any atom is 0.131 e. The topological polar surface area (TPSA) is 37.8 Å². The third-order valence-corrected chi connectivity index (χ3v) is 3.03. The highest BCUT2D eigenvalue weighted by Gasteiger charge is 2.04. The zero-order valence-corrected chi connectivity index (χ0v) is 9.72. The molecule has 0 fully saturated rings. The summed E-state index contributed by atoms with van der Waals surface area (Å²) in [5.41, 5.74) is 1.05. The van der Waals surface area contributed by atoms with Gasteiger partial charge in [-0.2, -0.15) is 0 Å². The number of nitrogens with zero attached hydrogens (tertiary/aromatic N) is 2. The Morgan fingerprint density at radius 2 is 1.88 bits per heavy atom. The van der Waals surface area contributed by atoms with Crippen molar-refractivity contribution in [2.24, 2.45) is 0 Å². The van der Waals surface area contributed by atoms with Gasteiger partial charge in [-0.1, -0.05) is 23.5 Å². The molecule has 0 bridgehead atoms. The van der Waals surface area contributed by atoms with Crippen LogP contribution in [0.5, 0.6) is 0 Å². The summed E-state index contributed by atoms with van der Waals surface area (Å²) in [4.78, 5) is 0. The van der Waals surface area contributed by atoms with Crippen molar-refractivity contribution in [3.63, 3.8) is 0 Å². The first kappa shape index (κ1) is 11.2. The van der Waals surface area contributed by atoms with Crippen LogP contribution in [0.1, 0.15) is 15.6 Å².